The number of nitrogens with one attached hydrogen (secondary N) is 1. The van der Waals surface area contributed by atoms with Crippen molar-refractivity contribution < 1.29 is 0 Å². The van der Waals surface area contributed by atoms with Crippen LogP contribution < -0.4 is 5.32 Å². The van der Waals surface area contributed by atoms with Gasteiger partial charge in [0.25, 0.3) is 0 Å². The lowest BCUT2D eigenvalue weighted by molar-refractivity contribution is 1.46. The predicted octanol–water partition coefficient (Wildman–Crippen LogP) is 7.12. The molecule has 0 bridgehead atoms. The van der Waals surface area contributed by atoms with Crippen molar-refractivity contribution in [2.45, 2.75) is 4.90 Å². The van der Waals surface area contributed by atoms with Crippen LogP contribution in [-0.4, -0.2) is 4.98 Å². The molecule has 128 valence electrons. The van der Waals surface area contributed by atoms with Gasteiger partial charge >= 0.3 is 0 Å². The van der Waals surface area contributed by atoms with E-state index in [1.54, 1.807) is 23.1 Å². The van der Waals surface area contributed by atoms with Gasteiger partial charge in [-0.3, -0.25) is 0 Å². The Kier molecular flexibility index (Phi) is 3.30. The molecule has 0 saturated carbocycles. The monoisotopic (exact) mass is 382 g/mol. The molecule has 4 heteroatoms. The van der Waals surface area contributed by atoms with Crippen molar-refractivity contribution in [3.8, 4) is 0 Å². The van der Waals surface area contributed by atoms with Gasteiger partial charge in [-0.15, -0.1) is 11.3 Å². The third kappa shape index (κ3) is 2.45. The van der Waals surface area contributed by atoms with Gasteiger partial charge in [0.15, 0.2) is 0 Å². The lowest BCUT2D eigenvalue weighted by Crippen LogP contribution is -1.89. The Bertz CT molecular complexity index is 1380. The van der Waals surface area contributed by atoms with Crippen LogP contribution in [0, 0.1) is 0 Å². The molecule has 0 unspecified atom stereocenters. The van der Waals surface area contributed by atoms with E-state index in [-0.39, 0.29) is 0 Å². The van der Waals surface area contributed by atoms with Crippen molar-refractivity contribution in [1.82, 2.24) is 4.98 Å². The number of thiazole rings is 1. The molecule has 0 spiro atoms. The maximum atomic E-state index is 4.92. The Morgan fingerprint density at radius 1 is 0.778 bits per heavy atom. The van der Waals surface area contributed by atoms with E-state index < -0.39 is 0 Å². The van der Waals surface area contributed by atoms with Gasteiger partial charge in [0.2, 0.25) is 0 Å². The van der Waals surface area contributed by atoms with E-state index in [2.05, 4.69) is 84.2 Å². The molecule has 1 aliphatic rings. The number of hydrogen-bond donors (Lipinski definition) is 1. The number of anilines is 1. The Hall–Kier alpha value is -2.82. The summed E-state index contributed by atoms with van der Waals surface area (Å²) in [6, 6.07) is 25.7. The molecule has 0 radical (unpaired) electrons. The zero-order chi connectivity index (χ0) is 17.8. The molecular formula is C23H14N2S2. The fourth-order valence-corrected chi connectivity index (χ4v) is 5.61. The molecule has 0 saturated heterocycles. The molecule has 2 heterocycles. The number of nitrogens with zero attached hydrogens (tertiary/aromatic N) is 1. The summed E-state index contributed by atoms with van der Waals surface area (Å²) in [4.78, 5) is 6.19. The Labute approximate surface area is 164 Å². The van der Waals surface area contributed by atoms with Crippen LogP contribution in [0.1, 0.15) is 5.01 Å². The van der Waals surface area contributed by atoms with E-state index >= 15 is 0 Å². The largest absolute Gasteiger partial charge is 0.348 e. The average molecular weight is 383 g/mol. The first kappa shape index (κ1) is 15.3. The maximum absolute atomic E-state index is 4.92. The zero-order valence-electron chi connectivity index (χ0n) is 14.3. The molecule has 1 aliphatic heterocycles. The van der Waals surface area contributed by atoms with Crippen LogP contribution in [0.4, 0.5) is 5.69 Å². The minimum absolute atomic E-state index is 1.04. The quantitative estimate of drug-likeness (QED) is 0.334. The standard InChI is InChI=1S/C23H14N2S2/c1-3-7-16-14(5-1)9-11-18-22(16)24-20(26-18)13-21-25-23-17-8-4-2-6-15(17)10-12-19(23)27-21/h1-13,24H. The number of fused-ring (bicyclic) bond motifs is 6. The summed E-state index contributed by atoms with van der Waals surface area (Å²) >= 11 is 3.52. The second kappa shape index (κ2) is 5.84. The Morgan fingerprint density at radius 3 is 2.41 bits per heavy atom. The van der Waals surface area contributed by atoms with Crippen LogP contribution in [-0.2, 0) is 0 Å². The summed E-state index contributed by atoms with van der Waals surface area (Å²) in [7, 11) is 0. The summed E-state index contributed by atoms with van der Waals surface area (Å²) in [5.74, 6) is 0. The van der Waals surface area contributed by atoms with Gasteiger partial charge in [-0.05, 0) is 22.9 Å². The lowest BCUT2D eigenvalue weighted by atomic mass is 10.1. The molecule has 0 fully saturated rings. The first-order chi connectivity index (χ1) is 13.3. The van der Waals surface area contributed by atoms with Crippen molar-refractivity contribution >= 4 is 66.6 Å². The van der Waals surface area contributed by atoms with Crippen LogP contribution in [0.15, 0.2) is 82.7 Å². The molecule has 1 N–H and O–H groups in total. The molecule has 4 aromatic carbocycles. The molecule has 6 rings (SSSR count). The van der Waals surface area contributed by atoms with Crippen molar-refractivity contribution in [1.29, 1.82) is 0 Å². The van der Waals surface area contributed by atoms with E-state index in [4.69, 9.17) is 4.98 Å². The van der Waals surface area contributed by atoms with Gasteiger partial charge in [-0.25, -0.2) is 4.98 Å². The first-order valence-electron chi connectivity index (χ1n) is 8.82. The van der Waals surface area contributed by atoms with Gasteiger partial charge in [0.1, 0.15) is 5.01 Å². The van der Waals surface area contributed by atoms with Crippen LogP contribution in [0.2, 0.25) is 0 Å². The molecule has 0 aliphatic carbocycles. The van der Waals surface area contributed by atoms with Crippen LogP contribution in [0.25, 0.3) is 37.8 Å². The van der Waals surface area contributed by atoms with Gasteiger partial charge in [0.05, 0.1) is 20.9 Å². The zero-order valence-corrected chi connectivity index (χ0v) is 15.9. The van der Waals surface area contributed by atoms with Gasteiger partial charge < -0.3 is 5.32 Å². The number of thioether (sulfide) groups is 1. The molecule has 27 heavy (non-hydrogen) atoms. The SMILES string of the molecule is C(=C1Nc2c(ccc3ccccc23)S1)c1nc2c(ccc3ccccc32)s1. The molecular weight excluding hydrogens is 368 g/mol. The molecule has 0 amide bonds. The second-order valence-corrected chi connectivity index (χ2v) is 8.73. The Morgan fingerprint density at radius 2 is 1.52 bits per heavy atom. The molecule has 1 aromatic heterocycles. The van der Waals surface area contributed by atoms with E-state index in [1.165, 1.54) is 36.8 Å². The fourth-order valence-electron chi connectivity index (χ4n) is 3.65. The highest BCUT2D eigenvalue weighted by Gasteiger charge is 2.19. The summed E-state index contributed by atoms with van der Waals surface area (Å²) < 4.78 is 1.23. The maximum Gasteiger partial charge on any atom is 0.119 e. The van der Waals surface area contributed by atoms with E-state index in [1.807, 2.05) is 0 Å². The smallest absolute Gasteiger partial charge is 0.119 e. The van der Waals surface area contributed by atoms with Crippen molar-refractivity contribution in [2.24, 2.45) is 0 Å². The molecule has 0 atom stereocenters. The van der Waals surface area contributed by atoms with Crippen LogP contribution in [0.3, 0.4) is 0 Å². The summed E-state index contributed by atoms with van der Waals surface area (Å²) in [5.41, 5.74) is 2.30. The van der Waals surface area contributed by atoms with Crippen LogP contribution in [0.5, 0.6) is 0 Å². The molecule has 5 aromatic rings. The Balaban J connectivity index is 1.44. The van der Waals surface area contributed by atoms with E-state index in [0.717, 1.165) is 15.6 Å². The third-order valence-electron chi connectivity index (χ3n) is 4.91. The second-order valence-electron chi connectivity index (χ2n) is 6.58. The third-order valence-corrected chi connectivity index (χ3v) is 6.88. The normalized spacial score (nSPS) is 14.9. The predicted molar refractivity (Wildman–Crippen MR) is 119 cm³/mol. The highest BCUT2D eigenvalue weighted by Crippen LogP contribution is 2.45. The van der Waals surface area contributed by atoms with Crippen LogP contribution >= 0.6 is 23.1 Å². The van der Waals surface area contributed by atoms with E-state index in [9.17, 15) is 0 Å². The van der Waals surface area contributed by atoms with Gasteiger partial charge in [-0.2, -0.15) is 0 Å². The van der Waals surface area contributed by atoms with Crippen molar-refractivity contribution in [2.75, 3.05) is 5.32 Å². The first-order valence-corrected chi connectivity index (χ1v) is 10.5. The van der Waals surface area contributed by atoms with Gasteiger partial charge in [-0.1, -0.05) is 72.4 Å². The summed E-state index contributed by atoms with van der Waals surface area (Å²) in [6.45, 7) is 0. The summed E-state index contributed by atoms with van der Waals surface area (Å²) in [5, 5.41) is 10.7. The minimum Gasteiger partial charge on any atom is -0.348 e. The van der Waals surface area contributed by atoms with Gasteiger partial charge in [0, 0.05) is 21.7 Å². The van der Waals surface area contributed by atoms with E-state index in [0.29, 0.717) is 0 Å². The van der Waals surface area contributed by atoms with Crippen molar-refractivity contribution in [3.05, 3.63) is 82.8 Å². The summed E-state index contributed by atoms with van der Waals surface area (Å²) in [6.07, 6.45) is 2.17. The number of benzene rings is 4. The number of aromatic nitrogens is 1. The highest BCUT2D eigenvalue weighted by atomic mass is 32.2. The topological polar surface area (TPSA) is 24.9 Å². The lowest BCUT2D eigenvalue weighted by Gasteiger charge is -2.03. The fraction of sp³-hybridized carbons (Fsp3) is 0. The minimum atomic E-state index is 1.04. The highest BCUT2D eigenvalue weighted by molar-refractivity contribution is 8.04. The van der Waals surface area contributed by atoms with Crippen molar-refractivity contribution in [3.63, 3.8) is 0 Å². The number of hydrogen-bond acceptors (Lipinski definition) is 4. The molecule has 2 nitrogen and oxygen atoms in total. The number of rotatable bonds is 1. The average Bonchev–Trinajstić information content (AvgIpc) is 3.31.